The van der Waals surface area contributed by atoms with E-state index < -0.39 is 0 Å². The molecule has 1 fully saturated rings. The molecule has 1 aliphatic rings. The molecule has 1 aliphatic heterocycles. The van der Waals surface area contributed by atoms with Crippen LogP contribution < -0.4 is 5.73 Å². The molecule has 3 heteroatoms. The van der Waals surface area contributed by atoms with Crippen LogP contribution in [0.15, 0.2) is 0 Å². The van der Waals surface area contributed by atoms with Crippen molar-refractivity contribution in [3.63, 3.8) is 0 Å². The van der Waals surface area contributed by atoms with E-state index in [9.17, 15) is 0 Å². The Kier molecular flexibility index (Phi) is 4.85. The first-order chi connectivity index (χ1) is 8.14. The minimum Gasteiger partial charge on any atom is -0.329 e. The van der Waals surface area contributed by atoms with Crippen molar-refractivity contribution in [2.45, 2.75) is 65.1 Å². The average molecular weight is 255 g/mol. The molecular formula is C15H33N3. The standard InChI is InChI=1S/C15H33N3/c1-12-10-15(11-16,8-9-17(12)6)18(7)13(2)14(3,4)5/h12-13H,8-11,16H2,1-7H3. The zero-order valence-electron chi connectivity index (χ0n) is 13.5. The molecule has 3 unspecified atom stereocenters. The smallest absolute Gasteiger partial charge is 0.0358 e. The van der Waals surface area contributed by atoms with Crippen molar-refractivity contribution < 1.29 is 0 Å². The van der Waals surface area contributed by atoms with Crippen LogP contribution in [-0.4, -0.2) is 54.6 Å². The van der Waals surface area contributed by atoms with E-state index in [0.29, 0.717) is 17.5 Å². The minimum absolute atomic E-state index is 0.179. The third kappa shape index (κ3) is 3.06. The molecule has 3 atom stereocenters. The highest BCUT2D eigenvalue weighted by molar-refractivity contribution is 5.00. The number of nitrogens with two attached hydrogens (primary N) is 1. The van der Waals surface area contributed by atoms with Gasteiger partial charge in [-0.2, -0.15) is 0 Å². The summed E-state index contributed by atoms with van der Waals surface area (Å²) >= 11 is 0. The topological polar surface area (TPSA) is 32.5 Å². The SMILES string of the molecule is CC1CC(CN)(N(C)C(C)C(C)(C)C)CCN1C. The summed E-state index contributed by atoms with van der Waals surface area (Å²) in [7, 11) is 4.49. The molecule has 1 heterocycles. The lowest BCUT2D eigenvalue weighted by atomic mass is 9.78. The maximum Gasteiger partial charge on any atom is 0.0358 e. The summed E-state index contributed by atoms with van der Waals surface area (Å²) in [4.78, 5) is 5.00. The summed E-state index contributed by atoms with van der Waals surface area (Å²) in [5.74, 6) is 0. The first kappa shape index (κ1) is 15.9. The van der Waals surface area contributed by atoms with Crippen molar-refractivity contribution in [3.05, 3.63) is 0 Å². The molecule has 1 rings (SSSR count). The van der Waals surface area contributed by atoms with E-state index in [-0.39, 0.29) is 5.54 Å². The van der Waals surface area contributed by atoms with Crippen molar-refractivity contribution in [1.82, 2.24) is 9.80 Å². The maximum absolute atomic E-state index is 6.17. The summed E-state index contributed by atoms with van der Waals surface area (Å²) in [6, 6.07) is 1.16. The highest BCUT2D eigenvalue weighted by atomic mass is 15.3. The van der Waals surface area contributed by atoms with E-state index in [0.717, 1.165) is 13.1 Å². The van der Waals surface area contributed by atoms with Crippen LogP contribution in [0.1, 0.15) is 47.5 Å². The van der Waals surface area contributed by atoms with Gasteiger partial charge < -0.3 is 10.6 Å². The van der Waals surface area contributed by atoms with Gasteiger partial charge in [-0.25, -0.2) is 0 Å². The van der Waals surface area contributed by atoms with E-state index in [4.69, 9.17) is 5.73 Å². The molecule has 2 N–H and O–H groups in total. The molecule has 0 aromatic rings. The Morgan fingerprint density at radius 2 is 2.00 bits per heavy atom. The summed E-state index contributed by atoms with van der Waals surface area (Å²) in [5, 5.41) is 0. The Balaban J connectivity index is 2.88. The third-order valence-corrected chi connectivity index (χ3v) is 5.32. The van der Waals surface area contributed by atoms with E-state index in [2.05, 4.69) is 58.5 Å². The zero-order chi connectivity index (χ0) is 14.1. The van der Waals surface area contributed by atoms with Crippen molar-refractivity contribution in [2.75, 3.05) is 27.2 Å². The van der Waals surface area contributed by atoms with E-state index in [1.807, 2.05) is 0 Å². The van der Waals surface area contributed by atoms with Gasteiger partial charge in [-0.15, -0.1) is 0 Å². The fraction of sp³-hybridized carbons (Fsp3) is 1.00. The lowest BCUT2D eigenvalue weighted by Crippen LogP contribution is -2.63. The number of hydrogen-bond donors (Lipinski definition) is 1. The zero-order valence-corrected chi connectivity index (χ0v) is 13.5. The van der Waals surface area contributed by atoms with E-state index in [1.54, 1.807) is 0 Å². The van der Waals surface area contributed by atoms with Gasteiger partial charge in [-0.1, -0.05) is 20.8 Å². The first-order valence-electron chi connectivity index (χ1n) is 7.27. The molecule has 0 spiro atoms. The van der Waals surface area contributed by atoms with Crippen LogP contribution in [0.5, 0.6) is 0 Å². The Labute approximate surface area is 114 Å². The van der Waals surface area contributed by atoms with Gasteiger partial charge in [-0.05, 0) is 52.7 Å². The van der Waals surface area contributed by atoms with Gasteiger partial charge in [0, 0.05) is 24.2 Å². The molecule has 0 bridgehead atoms. The Morgan fingerprint density at radius 1 is 1.44 bits per heavy atom. The van der Waals surface area contributed by atoms with Crippen LogP contribution in [-0.2, 0) is 0 Å². The lowest BCUT2D eigenvalue weighted by Gasteiger charge is -2.53. The van der Waals surface area contributed by atoms with E-state index in [1.165, 1.54) is 12.8 Å². The van der Waals surface area contributed by atoms with Crippen LogP contribution >= 0.6 is 0 Å². The molecule has 0 aromatic carbocycles. The maximum atomic E-state index is 6.17. The van der Waals surface area contributed by atoms with Gasteiger partial charge in [0.2, 0.25) is 0 Å². The Bertz CT molecular complexity index is 271. The Morgan fingerprint density at radius 3 is 2.39 bits per heavy atom. The normalized spacial score (nSPS) is 32.8. The van der Waals surface area contributed by atoms with Crippen LogP contribution in [0.2, 0.25) is 0 Å². The van der Waals surface area contributed by atoms with Crippen LogP contribution in [0.25, 0.3) is 0 Å². The molecular weight excluding hydrogens is 222 g/mol. The number of likely N-dealkylation sites (tertiary alicyclic amines) is 1. The van der Waals surface area contributed by atoms with Gasteiger partial charge >= 0.3 is 0 Å². The Hall–Kier alpha value is -0.120. The van der Waals surface area contributed by atoms with Crippen LogP contribution in [0, 0.1) is 5.41 Å². The second kappa shape index (κ2) is 5.48. The molecule has 0 saturated carbocycles. The molecule has 0 amide bonds. The molecule has 18 heavy (non-hydrogen) atoms. The average Bonchev–Trinajstić information content (AvgIpc) is 2.30. The summed E-state index contributed by atoms with van der Waals surface area (Å²) in [5.41, 5.74) is 6.64. The van der Waals surface area contributed by atoms with Crippen molar-refractivity contribution >= 4 is 0 Å². The summed E-state index contributed by atoms with van der Waals surface area (Å²) in [6.45, 7) is 13.5. The first-order valence-corrected chi connectivity index (χ1v) is 7.27. The molecule has 3 nitrogen and oxygen atoms in total. The van der Waals surface area contributed by atoms with Gasteiger partial charge in [0.1, 0.15) is 0 Å². The summed E-state index contributed by atoms with van der Waals surface area (Å²) < 4.78 is 0. The molecule has 0 aliphatic carbocycles. The molecule has 108 valence electrons. The monoisotopic (exact) mass is 255 g/mol. The highest BCUT2D eigenvalue weighted by Crippen LogP contribution is 2.35. The number of hydrogen-bond acceptors (Lipinski definition) is 3. The lowest BCUT2D eigenvalue weighted by molar-refractivity contribution is -0.0224. The number of piperidine rings is 1. The number of rotatable bonds is 3. The van der Waals surface area contributed by atoms with Gasteiger partial charge in [0.05, 0.1) is 0 Å². The van der Waals surface area contributed by atoms with Gasteiger partial charge in [0.15, 0.2) is 0 Å². The second-order valence-electron chi connectivity index (χ2n) is 7.37. The molecule has 0 radical (unpaired) electrons. The minimum atomic E-state index is 0.179. The van der Waals surface area contributed by atoms with Crippen molar-refractivity contribution in [1.29, 1.82) is 0 Å². The quantitative estimate of drug-likeness (QED) is 0.839. The fourth-order valence-electron chi connectivity index (χ4n) is 3.05. The molecule has 0 aromatic heterocycles. The fourth-order valence-corrected chi connectivity index (χ4v) is 3.05. The number of likely N-dealkylation sites (N-methyl/N-ethyl adjacent to an activating group) is 1. The predicted molar refractivity (Wildman–Crippen MR) is 79.8 cm³/mol. The van der Waals surface area contributed by atoms with Gasteiger partial charge in [0.25, 0.3) is 0 Å². The largest absolute Gasteiger partial charge is 0.329 e. The molecule has 1 saturated heterocycles. The van der Waals surface area contributed by atoms with E-state index >= 15 is 0 Å². The van der Waals surface area contributed by atoms with Crippen LogP contribution in [0.3, 0.4) is 0 Å². The second-order valence-corrected chi connectivity index (χ2v) is 7.37. The summed E-state index contributed by atoms with van der Waals surface area (Å²) in [6.07, 6.45) is 2.36. The third-order valence-electron chi connectivity index (χ3n) is 5.32. The van der Waals surface area contributed by atoms with Crippen LogP contribution in [0.4, 0.5) is 0 Å². The predicted octanol–water partition coefficient (Wildman–Crippen LogP) is 2.16. The van der Waals surface area contributed by atoms with Gasteiger partial charge in [-0.3, -0.25) is 4.90 Å². The number of nitrogens with zero attached hydrogens (tertiary/aromatic N) is 2. The highest BCUT2D eigenvalue weighted by Gasteiger charge is 2.42. The van der Waals surface area contributed by atoms with Crippen molar-refractivity contribution in [3.8, 4) is 0 Å². The van der Waals surface area contributed by atoms with Crippen molar-refractivity contribution in [2.24, 2.45) is 11.1 Å².